The molecule has 2 heteroatoms. The number of rotatable bonds is 16. The van der Waals surface area contributed by atoms with Gasteiger partial charge in [0.25, 0.3) is 0 Å². The third-order valence-corrected chi connectivity index (χ3v) is 3.90. The van der Waals surface area contributed by atoms with Crippen LogP contribution in [0.1, 0.15) is 96.8 Å². The standard InChI is InChI=1S/C20H36O2/c1-2-3-4-5-6-7-8-9-10-11-12-13-14-15-16-17-18-19-20(21)22/h3-4,18-19H,2,5-17H2,1H3,(H,21,22). The Balaban J connectivity index is 3.05. The van der Waals surface area contributed by atoms with E-state index in [1.165, 1.54) is 83.1 Å². The number of hydrogen-bond acceptors (Lipinski definition) is 1. The summed E-state index contributed by atoms with van der Waals surface area (Å²) >= 11 is 0. The zero-order valence-electron chi connectivity index (χ0n) is 14.6. The van der Waals surface area contributed by atoms with Gasteiger partial charge >= 0.3 is 5.97 Å². The highest BCUT2D eigenvalue weighted by molar-refractivity contribution is 5.79. The van der Waals surface area contributed by atoms with E-state index in [9.17, 15) is 4.79 Å². The maximum atomic E-state index is 10.3. The number of carboxylic acid groups (broad SMARTS) is 1. The molecule has 0 radical (unpaired) electrons. The van der Waals surface area contributed by atoms with Crippen LogP contribution in [0.2, 0.25) is 0 Å². The van der Waals surface area contributed by atoms with Gasteiger partial charge in [-0.3, -0.25) is 0 Å². The van der Waals surface area contributed by atoms with Crippen LogP contribution in [0.15, 0.2) is 24.3 Å². The van der Waals surface area contributed by atoms with Crippen molar-refractivity contribution < 1.29 is 9.90 Å². The molecule has 0 atom stereocenters. The Kier molecular flexibility index (Phi) is 17.1. The molecule has 1 N–H and O–H groups in total. The zero-order valence-corrected chi connectivity index (χ0v) is 14.6. The van der Waals surface area contributed by atoms with E-state index in [0.717, 1.165) is 12.8 Å². The van der Waals surface area contributed by atoms with Gasteiger partial charge in [-0.1, -0.05) is 82.9 Å². The van der Waals surface area contributed by atoms with Crippen LogP contribution < -0.4 is 0 Å². The zero-order chi connectivity index (χ0) is 16.3. The Hall–Kier alpha value is -1.05. The molecule has 0 aromatic heterocycles. The SMILES string of the molecule is CCC=CCCCCCCCCCCCCCC=CC(=O)O. The summed E-state index contributed by atoms with van der Waals surface area (Å²) in [5.41, 5.74) is 0. The van der Waals surface area contributed by atoms with Crippen LogP contribution in [0.5, 0.6) is 0 Å². The van der Waals surface area contributed by atoms with E-state index in [2.05, 4.69) is 19.1 Å². The van der Waals surface area contributed by atoms with Gasteiger partial charge in [0.15, 0.2) is 0 Å². The van der Waals surface area contributed by atoms with Crippen molar-refractivity contribution in [3.8, 4) is 0 Å². The number of carboxylic acids is 1. The molecule has 0 aliphatic heterocycles. The van der Waals surface area contributed by atoms with Gasteiger partial charge in [0.2, 0.25) is 0 Å². The van der Waals surface area contributed by atoms with E-state index in [1.54, 1.807) is 6.08 Å². The van der Waals surface area contributed by atoms with Crippen LogP contribution in [-0.2, 0) is 4.79 Å². The third-order valence-electron chi connectivity index (χ3n) is 3.90. The summed E-state index contributed by atoms with van der Waals surface area (Å²) in [6.07, 6.45) is 25.6. The summed E-state index contributed by atoms with van der Waals surface area (Å²) in [6, 6.07) is 0. The normalized spacial score (nSPS) is 11.7. The molecule has 0 saturated heterocycles. The van der Waals surface area contributed by atoms with E-state index >= 15 is 0 Å². The van der Waals surface area contributed by atoms with Gasteiger partial charge in [0.1, 0.15) is 0 Å². The van der Waals surface area contributed by atoms with Crippen LogP contribution in [0.25, 0.3) is 0 Å². The van der Waals surface area contributed by atoms with E-state index in [0.29, 0.717) is 0 Å². The minimum Gasteiger partial charge on any atom is -0.478 e. The predicted octanol–water partition coefficient (Wildman–Crippen LogP) is 6.66. The molecule has 0 heterocycles. The summed E-state index contributed by atoms with van der Waals surface area (Å²) in [5, 5.41) is 8.45. The van der Waals surface area contributed by atoms with Gasteiger partial charge in [-0.05, 0) is 32.1 Å². The van der Waals surface area contributed by atoms with Crippen molar-refractivity contribution in [2.45, 2.75) is 96.8 Å². The molecule has 0 rings (SSSR count). The van der Waals surface area contributed by atoms with Crippen LogP contribution in [0.4, 0.5) is 0 Å². The molecule has 0 unspecified atom stereocenters. The van der Waals surface area contributed by atoms with E-state index in [-0.39, 0.29) is 0 Å². The molecule has 0 amide bonds. The van der Waals surface area contributed by atoms with Crippen molar-refractivity contribution in [1.29, 1.82) is 0 Å². The largest absolute Gasteiger partial charge is 0.478 e. The van der Waals surface area contributed by atoms with Crippen molar-refractivity contribution in [3.63, 3.8) is 0 Å². The van der Waals surface area contributed by atoms with Crippen molar-refractivity contribution in [2.24, 2.45) is 0 Å². The van der Waals surface area contributed by atoms with E-state index in [4.69, 9.17) is 5.11 Å². The topological polar surface area (TPSA) is 37.3 Å². The first kappa shape index (κ1) is 20.9. The lowest BCUT2D eigenvalue weighted by molar-refractivity contribution is -0.131. The van der Waals surface area contributed by atoms with Gasteiger partial charge in [0.05, 0.1) is 0 Å². The number of aliphatic carboxylic acids is 1. The lowest BCUT2D eigenvalue weighted by atomic mass is 10.0. The molecule has 0 aliphatic carbocycles. The van der Waals surface area contributed by atoms with Crippen LogP contribution in [0.3, 0.4) is 0 Å². The van der Waals surface area contributed by atoms with E-state index < -0.39 is 5.97 Å². The summed E-state index contributed by atoms with van der Waals surface area (Å²) in [4.78, 5) is 10.3. The molecule has 0 aromatic carbocycles. The molecule has 128 valence electrons. The first-order chi connectivity index (χ1) is 10.8. The Bertz CT molecular complexity index is 292. The number of carbonyl (C=O) groups is 1. The van der Waals surface area contributed by atoms with Gasteiger partial charge < -0.3 is 5.11 Å². The molecule has 0 saturated carbocycles. The Morgan fingerprint density at radius 1 is 0.682 bits per heavy atom. The third kappa shape index (κ3) is 18.9. The fourth-order valence-corrected chi connectivity index (χ4v) is 2.58. The summed E-state index contributed by atoms with van der Waals surface area (Å²) in [6.45, 7) is 2.19. The molecule has 0 spiro atoms. The lowest BCUT2D eigenvalue weighted by Gasteiger charge is -2.02. The quantitative estimate of drug-likeness (QED) is 0.196. The minimum atomic E-state index is -0.836. The van der Waals surface area contributed by atoms with Crippen LogP contribution >= 0.6 is 0 Å². The van der Waals surface area contributed by atoms with Crippen molar-refractivity contribution in [2.75, 3.05) is 0 Å². The highest BCUT2D eigenvalue weighted by Gasteiger charge is 1.93. The molecule has 0 aliphatic rings. The summed E-state index contributed by atoms with van der Waals surface area (Å²) < 4.78 is 0. The fraction of sp³-hybridized carbons (Fsp3) is 0.750. The van der Waals surface area contributed by atoms with Gasteiger partial charge in [-0.25, -0.2) is 4.79 Å². The molecular formula is C20H36O2. The fourth-order valence-electron chi connectivity index (χ4n) is 2.58. The molecule has 2 nitrogen and oxygen atoms in total. The van der Waals surface area contributed by atoms with Crippen molar-refractivity contribution >= 4 is 5.97 Å². The summed E-state index contributed by atoms with van der Waals surface area (Å²) in [7, 11) is 0. The highest BCUT2D eigenvalue weighted by Crippen LogP contribution is 2.12. The van der Waals surface area contributed by atoms with Gasteiger partial charge in [0, 0.05) is 6.08 Å². The maximum Gasteiger partial charge on any atom is 0.327 e. The average Bonchev–Trinajstić information content (AvgIpc) is 2.50. The number of hydrogen-bond donors (Lipinski definition) is 1. The first-order valence-electron chi connectivity index (χ1n) is 9.31. The van der Waals surface area contributed by atoms with Gasteiger partial charge in [-0.15, -0.1) is 0 Å². The molecule has 0 aromatic rings. The lowest BCUT2D eigenvalue weighted by Crippen LogP contribution is -1.86. The second-order valence-electron chi connectivity index (χ2n) is 6.09. The Morgan fingerprint density at radius 3 is 1.50 bits per heavy atom. The minimum absolute atomic E-state index is 0.836. The van der Waals surface area contributed by atoms with Crippen molar-refractivity contribution in [3.05, 3.63) is 24.3 Å². The van der Waals surface area contributed by atoms with E-state index in [1.807, 2.05) is 0 Å². The number of allylic oxidation sites excluding steroid dienone is 3. The van der Waals surface area contributed by atoms with Crippen LogP contribution in [-0.4, -0.2) is 11.1 Å². The first-order valence-corrected chi connectivity index (χ1v) is 9.31. The molecule has 22 heavy (non-hydrogen) atoms. The average molecular weight is 309 g/mol. The smallest absolute Gasteiger partial charge is 0.327 e. The van der Waals surface area contributed by atoms with Crippen LogP contribution in [0, 0.1) is 0 Å². The molecule has 0 bridgehead atoms. The summed E-state index contributed by atoms with van der Waals surface area (Å²) in [5.74, 6) is -0.836. The number of unbranched alkanes of at least 4 members (excludes halogenated alkanes) is 12. The second kappa shape index (κ2) is 18.0. The Morgan fingerprint density at radius 2 is 1.09 bits per heavy atom. The highest BCUT2D eigenvalue weighted by atomic mass is 16.4. The second-order valence-corrected chi connectivity index (χ2v) is 6.09. The van der Waals surface area contributed by atoms with Gasteiger partial charge in [-0.2, -0.15) is 0 Å². The maximum absolute atomic E-state index is 10.3. The molecular weight excluding hydrogens is 272 g/mol. The Labute approximate surface area is 137 Å². The predicted molar refractivity (Wildman–Crippen MR) is 96.2 cm³/mol. The monoisotopic (exact) mass is 308 g/mol. The van der Waals surface area contributed by atoms with Crippen molar-refractivity contribution in [1.82, 2.24) is 0 Å². The molecule has 0 fully saturated rings.